The zero-order valence-electron chi connectivity index (χ0n) is 7.98. The van der Waals surface area contributed by atoms with E-state index in [9.17, 15) is 10.2 Å². The first kappa shape index (κ1) is 9.34. The van der Waals surface area contributed by atoms with Crippen LogP contribution in [-0.4, -0.2) is 10.2 Å². The van der Waals surface area contributed by atoms with E-state index in [-0.39, 0.29) is 17.5 Å². The van der Waals surface area contributed by atoms with Crippen LogP contribution in [0.4, 0.5) is 0 Å². The summed E-state index contributed by atoms with van der Waals surface area (Å²) in [4.78, 5) is 0. The van der Waals surface area contributed by atoms with E-state index in [1.807, 2.05) is 0 Å². The van der Waals surface area contributed by atoms with Crippen LogP contribution in [0.2, 0.25) is 0 Å². The van der Waals surface area contributed by atoms with Gasteiger partial charge in [0.1, 0.15) is 0 Å². The smallest absolute Gasteiger partial charge is 0.162 e. The molecule has 0 amide bonds. The second-order valence-corrected chi connectivity index (χ2v) is 3.93. The monoisotopic (exact) mass is 193 g/mol. The van der Waals surface area contributed by atoms with E-state index in [1.54, 1.807) is 12.1 Å². The number of aromatic hydroxyl groups is 2. The van der Waals surface area contributed by atoms with Crippen molar-refractivity contribution in [2.45, 2.75) is 25.3 Å². The summed E-state index contributed by atoms with van der Waals surface area (Å²) in [6, 6.07) is 4.81. The molecule has 1 atom stereocenters. The molecule has 0 aliphatic heterocycles. The van der Waals surface area contributed by atoms with Crippen molar-refractivity contribution in [1.29, 1.82) is 0 Å². The van der Waals surface area contributed by atoms with E-state index in [4.69, 9.17) is 5.73 Å². The molecule has 1 aromatic rings. The molecule has 0 aromatic heterocycles. The molecule has 0 heterocycles. The fraction of sp³-hybridized carbons (Fsp3) is 0.455. The number of nitrogens with two attached hydrogens (primary N) is 1. The van der Waals surface area contributed by atoms with Crippen LogP contribution in [0.5, 0.6) is 11.5 Å². The van der Waals surface area contributed by atoms with Gasteiger partial charge in [-0.25, -0.2) is 0 Å². The number of rotatable bonds is 2. The highest BCUT2D eigenvalue weighted by molar-refractivity contribution is 5.46. The van der Waals surface area contributed by atoms with E-state index in [0.717, 1.165) is 12.8 Å². The maximum Gasteiger partial charge on any atom is 0.162 e. The first-order valence-electron chi connectivity index (χ1n) is 4.96. The third kappa shape index (κ3) is 1.44. The van der Waals surface area contributed by atoms with Crippen molar-refractivity contribution in [2.24, 2.45) is 11.7 Å². The van der Waals surface area contributed by atoms with Gasteiger partial charge >= 0.3 is 0 Å². The van der Waals surface area contributed by atoms with Crippen molar-refractivity contribution >= 4 is 0 Å². The Bertz CT molecular complexity index is 334. The largest absolute Gasteiger partial charge is 0.504 e. The van der Waals surface area contributed by atoms with Crippen LogP contribution in [0.15, 0.2) is 18.2 Å². The third-order valence-corrected chi connectivity index (χ3v) is 3.06. The van der Waals surface area contributed by atoms with Crippen molar-refractivity contribution in [3.05, 3.63) is 23.8 Å². The topological polar surface area (TPSA) is 66.5 Å². The van der Waals surface area contributed by atoms with E-state index in [2.05, 4.69) is 0 Å². The van der Waals surface area contributed by atoms with Gasteiger partial charge in [-0.05, 0) is 24.8 Å². The summed E-state index contributed by atoms with van der Waals surface area (Å²) in [6.45, 7) is 0. The minimum atomic E-state index is -0.143. The summed E-state index contributed by atoms with van der Waals surface area (Å²) in [6.07, 6.45) is 3.46. The molecular weight excluding hydrogens is 178 g/mol. The van der Waals surface area contributed by atoms with Gasteiger partial charge in [-0.15, -0.1) is 0 Å². The molecule has 0 radical (unpaired) electrons. The second kappa shape index (κ2) is 3.50. The fourth-order valence-corrected chi connectivity index (χ4v) is 1.87. The number of para-hydroxylation sites is 1. The van der Waals surface area contributed by atoms with Crippen molar-refractivity contribution in [3.63, 3.8) is 0 Å². The molecule has 1 aliphatic rings. The number of hydrogen-bond donors (Lipinski definition) is 3. The van der Waals surface area contributed by atoms with Crippen molar-refractivity contribution < 1.29 is 10.2 Å². The van der Waals surface area contributed by atoms with Crippen LogP contribution < -0.4 is 5.73 Å². The predicted octanol–water partition coefficient (Wildman–Crippen LogP) is 1.90. The standard InChI is InChI=1S/C11H15NO2/c12-10(7-3-1-4-7)8-5-2-6-9(13)11(8)14/h2,5-7,10,13-14H,1,3-4,12H2. The Morgan fingerprint density at radius 1 is 1.29 bits per heavy atom. The zero-order valence-corrected chi connectivity index (χ0v) is 7.98. The number of benzene rings is 1. The van der Waals surface area contributed by atoms with E-state index in [0.29, 0.717) is 11.5 Å². The van der Waals surface area contributed by atoms with Gasteiger partial charge in [0.15, 0.2) is 11.5 Å². The summed E-state index contributed by atoms with van der Waals surface area (Å²) in [5, 5.41) is 18.9. The Balaban J connectivity index is 2.26. The Kier molecular flexibility index (Phi) is 2.33. The van der Waals surface area contributed by atoms with Crippen LogP contribution in [-0.2, 0) is 0 Å². The quantitative estimate of drug-likeness (QED) is 0.628. The summed E-state index contributed by atoms with van der Waals surface area (Å²) in [7, 11) is 0. The molecule has 2 rings (SSSR count). The molecule has 3 nitrogen and oxygen atoms in total. The summed E-state index contributed by atoms with van der Waals surface area (Å²) >= 11 is 0. The molecule has 0 saturated heterocycles. The molecule has 3 heteroatoms. The molecule has 0 spiro atoms. The van der Waals surface area contributed by atoms with Gasteiger partial charge < -0.3 is 15.9 Å². The average molecular weight is 193 g/mol. The summed E-state index contributed by atoms with van der Waals surface area (Å²) < 4.78 is 0. The van der Waals surface area contributed by atoms with Crippen LogP contribution in [0.3, 0.4) is 0 Å². The van der Waals surface area contributed by atoms with E-state index in [1.165, 1.54) is 12.5 Å². The van der Waals surface area contributed by atoms with Crippen LogP contribution >= 0.6 is 0 Å². The number of hydrogen-bond acceptors (Lipinski definition) is 3. The van der Waals surface area contributed by atoms with E-state index >= 15 is 0 Å². The molecular formula is C11H15NO2. The molecule has 1 fully saturated rings. The molecule has 1 aromatic carbocycles. The lowest BCUT2D eigenvalue weighted by molar-refractivity contribution is 0.259. The van der Waals surface area contributed by atoms with Gasteiger partial charge in [-0.3, -0.25) is 0 Å². The number of phenolic OH excluding ortho intramolecular Hbond substituents is 2. The Morgan fingerprint density at radius 2 is 2.00 bits per heavy atom. The van der Waals surface area contributed by atoms with Gasteiger partial charge in [0, 0.05) is 11.6 Å². The van der Waals surface area contributed by atoms with Gasteiger partial charge in [-0.2, -0.15) is 0 Å². The van der Waals surface area contributed by atoms with Crippen molar-refractivity contribution in [1.82, 2.24) is 0 Å². The van der Waals surface area contributed by atoms with Gasteiger partial charge in [0.2, 0.25) is 0 Å². The highest BCUT2D eigenvalue weighted by Gasteiger charge is 2.27. The lowest BCUT2D eigenvalue weighted by Gasteiger charge is -2.31. The molecule has 1 unspecified atom stereocenters. The predicted molar refractivity (Wildman–Crippen MR) is 54.0 cm³/mol. The minimum absolute atomic E-state index is 0.0631. The first-order valence-corrected chi connectivity index (χ1v) is 4.96. The molecule has 4 N–H and O–H groups in total. The molecule has 1 saturated carbocycles. The lowest BCUT2D eigenvalue weighted by Crippen LogP contribution is -2.26. The minimum Gasteiger partial charge on any atom is -0.504 e. The molecule has 76 valence electrons. The van der Waals surface area contributed by atoms with Crippen LogP contribution in [0, 0.1) is 5.92 Å². The third-order valence-electron chi connectivity index (χ3n) is 3.06. The second-order valence-electron chi connectivity index (χ2n) is 3.93. The maximum absolute atomic E-state index is 9.61. The number of phenols is 2. The fourth-order valence-electron chi connectivity index (χ4n) is 1.87. The molecule has 14 heavy (non-hydrogen) atoms. The Hall–Kier alpha value is -1.22. The SMILES string of the molecule is NC(c1cccc(O)c1O)C1CCC1. The van der Waals surface area contributed by atoms with Gasteiger partial charge in [-0.1, -0.05) is 18.6 Å². The van der Waals surface area contributed by atoms with Crippen molar-refractivity contribution in [3.8, 4) is 11.5 Å². The normalized spacial score (nSPS) is 18.9. The van der Waals surface area contributed by atoms with Crippen molar-refractivity contribution in [2.75, 3.05) is 0 Å². The van der Waals surface area contributed by atoms with Gasteiger partial charge in [0.05, 0.1) is 0 Å². The highest BCUT2D eigenvalue weighted by atomic mass is 16.3. The molecule has 0 bridgehead atoms. The van der Waals surface area contributed by atoms with Crippen LogP contribution in [0.25, 0.3) is 0 Å². The Labute approximate surface area is 83.2 Å². The van der Waals surface area contributed by atoms with Crippen LogP contribution in [0.1, 0.15) is 30.9 Å². The first-order chi connectivity index (χ1) is 6.70. The highest BCUT2D eigenvalue weighted by Crippen LogP contribution is 2.41. The zero-order chi connectivity index (χ0) is 10.1. The van der Waals surface area contributed by atoms with E-state index < -0.39 is 0 Å². The Morgan fingerprint density at radius 3 is 2.57 bits per heavy atom. The van der Waals surface area contributed by atoms with Gasteiger partial charge in [0.25, 0.3) is 0 Å². The molecule has 1 aliphatic carbocycles. The maximum atomic E-state index is 9.61. The lowest BCUT2D eigenvalue weighted by atomic mass is 9.77. The summed E-state index contributed by atoms with van der Waals surface area (Å²) in [5.74, 6) is 0.312. The summed E-state index contributed by atoms with van der Waals surface area (Å²) in [5.41, 5.74) is 6.66. The average Bonchev–Trinajstić information content (AvgIpc) is 2.06.